The SMILES string of the molecule is CC1CN(C2COc3cc(F)ccc3C2Nc2cccc(N)c2N=NC2CC2)CCO1. The fourth-order valence-corrected chi connectivity index (χ4v) is 4.29. The third-order valence-electron chi connectivity index (χ3n) is 6.09. The Hall–Kier alpha value is -2.71. The molecule has 3 unspecified atom stereocenters. The minimum Gasteiger partial charge on any atom is -0.491 e. The molecular weight excluding hydrogens is 397 g/mol. The van der Waals surface area contributed by atoms with E-state index in [1.807, 2.05) is 18.2 Å². The number of azo groups is 1. The van der Waals surface area contributed by atoms with Crippen molar-refractivity contribution >= 4 is 17.1 Å². The maximum atomic E-state index is 13.9. The Balaban J connectivity index is 1.50. The minimum atomic E-state index is -0.307. The van der Waals surface area contributed by atoms with Crippen LogP contribution in [0.2, 0.25) is 0 Å². The van der Waals surface area contributed by atoms with Gasteiger partial charge in [-0.1, -0.05) is 12.1 Å². The summed E-state index contributed by atoms with van der Waals surface area (Å²) in [6, 6.07) is 10.7. The predicted octanol–water partition coefficient (Wildman–Crippen LogP) is 4.29. The normalized spacial score (nSPS) is 26.5. The van der Waals surface area contributed by atoms with Gasteiger partial charge in [0.25, 0.3) is 0 Å². The molecule has 1 aliphatic carbocycles. The molecule has 3 atom stereocenters. The van der Waals surface area contributed by atoms with Gasteiger partial charge in [0.15, 0.2) is 0 Å². The Morgan fingerprint density at radius 3 is 2.90 bits per heavy atom. The third kappa shape index (κ3) is 4.36. The van der Waals surface area contributed by atoms with Crippen molar-refractivity contribution in [2.24, 2.45) is 10.2 Å². The number of fused-ring (bicyclic) bond motifs is 1. The fraction of sp³-hybridized carbons (Fsp3) is 0.478. The van der Waals surface area contributed by atoms with Gasteiger partial charge >= 0.3 is 0 Å². The summed E-state index contributed by atoms with van der Waals surface area (Å²) in [5, 5.41) is 12.5. The van der Waals surface area contributed by atoms with E-state index in [1.165, 1.54) is 12.1 Å². The molecule has 0 radical (unpaired) electrons. The summed E-state index contributed by atoms with van der Waals surface area (Å²) in [6.45, 7) is 4.85. The van der Waals surface area contributed by atoms with Gasteiger partial charge in [-0.05, 0) is 38.0 Å². The predicted molar refractivity (Wildman–Crippen MR) is 117 cm³/mol. The van der Waals surface area contributed by atoms with Crippen LogP contribution in [0.25, 0.3) is 0 Å². The average molecular weight is 426 g/mol. The van der Waals surface area contributed by atoms with Crippen molar-refractivity contribution in [2.75, 3.05) is 37.4 Å². The van der Waals surface area contributed by atoms with E-state index in [0.717, 1.165) is 37.2 Å². The number of nitrogen functional groups attached to an aromatic ring is 1. The molecule has 8 heteroatoms. The number of nitrogens with one attached hydrogen (secondary N) is 1. The standard InChI is InChI=1S/C23H28FN5O2/c1-14-12-29(9-10-30-14)20-13-31-21-11-15(24)5-8-17(21)22(20)26-19-4-2-3-18(25)23(19)28-27-16-6-7-16/h2-5,8,11,14,16,20,22,26H,6-7,9-10,12-13,25H2,1H3. The van der Waals surface area contributed by atoms with Crippen LogP contribution in [0.1, 0.15) is 31.4 Å². The van der Waals surface area contributed by atoms with E-state index >= 15 is 0 Å². The number of morpholine rings is 1. The molecule has 2 aromatic carbocycles. The van der Waals surface area contributed by atoms with Gasteiger partial charge in [0.2, 0.25) is 0 Å². The molecule has 2 heterocycles. The van der Waals surface area contributed by atoms with E-state index in [0.29, 0.717) is 36.4 Å². The summed E-state index contributed by atoms with van der Waals surface area (Å²) >= 11 is 0. The Morgan fingerprint density at radius 1 is 1.23 bits per heavy atom. The fourth-order valence-electron chi connectivity index (χ4n) is 4.29. The monoisotopic (exact) mass is 425 g/mol. The topological polar surface area (TPSA) is 84.5 Å². The number of benzene rings is 2. The number of anilines is 2. The Kier molecular flexibility index (Phi) is 5.50. The molecule has 0 bridgehead atoms. The van der Waals surface area contributed by atoms with Gasteiger partial charge in [-0.3, -0.25) is 4.90 Å². The Bertz CT molecular complexity index is 980. The molecule has 3 N–H and O–H groups in total. The second-order valence-corrected chi connectivity index (χ2v) is 8.55. The van der Waals surface area contributed by atoms with E-state index in [-0.39, 0.29) is 24.0 Å². The molecule has 31 heavy (non-hydrogen) atoms. The van der Waals surface area contributed by atoms with Crippen molar-refractivity contribution < 1.29 is 13.9 Å². The number of nitrogens with zero attached hydrogens (tertiary/aromatic N) is 3. The number of ether oxygens (including phenoxy) is 2. The second kappa shape index (κ2) is 8.43. The molecule has 164 valence electrons. The first kappa shape index (κ1) is 20.2. The number of halogens is 1. The van der Waals surface area contributed by atoms with Crippen LogP contribution >= 0.6 is 0 Å². The van der Waals surface area contributed by atoms with Gasteiger partial charge in [-0.25, -0.2) is 4.39 Å². The largest absolute Gasteiger partial charge is 0.491 e. The van der Waals surface area contributed by atoms with Crippen LogP contribution in [0.3, 0.4) is 0 Å². The highest BCUT2D eigenvalue weighted by molar-refractivity contribution is 5.78. The van der Waals surface area contributed by atoms with Gasteiger partial charge in [0.05, 0.1) is 42.2 Å². The molecule has 0 amide bonds. The molecule has 2 aromatic rings. The molecular formula is C23H28FN5O2. The lowest BCUT2D eigenvalue weighted by Gasteiger charge is -2.44. The van der Waals surface area contributed by atoms with E-state index < -0.39 is 0 Å². The van der Waals surface area contributed by atoms with E-state index in [1.54, 1.807) is 6.07 Å². The first-order chi connectivity index (χ1) is 15.1. The van der Waals surface area contributed by atoms with Crippen molar-refractivity contribution in [3.8, 4) is 5.75 Å². The number of hydrogen-bond acceptors (Lipinski definition) is 7. The second-order valence-electron chi connectivity index (χ2n) is 8.55. The number of rotatable bonds is 5. The molecule has 1 saturated heterocycles. The van der Waals surface area contributed by atoms with Crippen molar-refractivity contribution in [3.05, 3.63) is 47.8 Å². The lowest BCUT2D eigenvalue weighted by atomic mass is 9.93. The minimum absolute atomic E-state index is 0.0546. The number of hydrogen-bond donors (Lipinski definition) is 2. The maximum absolute atomic E-state index is 13.9. The first-order valence-electron chi connectivity index (χ1n) is 10.9. The number of nitrogens with two attached hydrogens (primary N) is 1. The average Bonchev–Trinajstić information content (AvgIpc) is 3.58. The van der Waals surface area contributed by atoms with Gasteiger partial charge in [0, 0.05) is 24.7 Å². The molecule has 0 aromatic heterocycles. The van der Waals surface area contributed by atoms with Crippen LogP contribution in [0.15, 0.2) is 46.6 Å². The summed E-state index contributed by atoms with van der Waals surface area (Å²) in [5.41, 5.74) is 9.22. The third-order valence-corrected chi connectivity index (χ3v) is 6.09. The molecule has 5 rings (SSSR count). The van der Waals surface area contributed by atoms with Crippen LogP contribution in [0, 0.1) is 5.82 Å². The van der Waals surface area contributed by atoms with Crippen LogP contribution in [0.5, 0.6) is 5.75 Å². The molecule has 7 nitrogen and oxygen atoms in total. The zero-order valence-electron chi connectivity index (χ0n) is 17.6. The molecule has 2 aliphatic heterocycles. The zero-order chi connectivity index (χ0) is 21.4. The summed E-state index contributed by atoms with van der Waals surface area (Å²) in [6.07, 6.45) is 2.31. The van der Waals surface area contributed by atoms with Crippen molar-refractivity contribution in [1.29, 1.82) is 0 Å². The smallest absolute Gasteiger partial charge is 0.131 e. The molecule has 0 spiro atoms. The van der Waals surface area contributed by atoms with Crippen LogP contribution in [0.4, 0.5) is 21.5 Å². The summed E-state index contributed by atoms with van der Waals surface area (Å²) < 4.78 is 25.6. The Labute approximate surface area is 181 Å². The lowest BCUT2D eigenvalue weighted by Crippen LogP contribution is -2.54. The highest BCUT2D eigenvalue weighted by Gasteiger charge is 2.37. The van der Waals surface area contributed by atoms with Gasteiger partial charge in [-0.2, -0.15) is 10.2 Å². The quantitative estimate of drug-likeness (QED) is 0.552. The molecule has 1 saturated carbocycles. The lowest BCUT2D eigenvalue weighted by molar-refractivity contribution is -0.0465. The summed E-state index contributed by atoms with van der Waals surface area (Å²) in [5.74, 6) is 0.263. The van der Waals surface area contributed by atoms with E-state index in [2.05, 4.69) is 27.4 Å². The van der Waals surface area contributed by atoms with Gasteiger partial charge in [-0.15, -0.1) is 0 Å². The van der Waals surface area contributed by atoms with Crippen molar-refractivity contribution in [2.45, 2.75) is 44.0 Å². The Morgan fingerprint density at radius 2 is 2.10 bits per heavy atom. The van der Waals surface area contributed by atoms with Crippen LogP contribution in [-0.4, -0.2) is 49.4 Å². The first-order valence-corrected chi connectivity index (χ1v) is 10.9. The van der Waals surface area contributed by atoms with E-state index in [9.17, 15) is 4.39 Å². The highest BCUT2D eigenvalue weighted by Crippen LogP contribution is 2.41. The highest BCUT2D eigenvalue weighted by atomic mass is 19.1. The zero-order valence-corrected chi connectivity index (χ0v) is 17.6. The van der Waals surface area contributed by atoms with Crippen LogP contribution in [-0.2, 0) is 4.74 Å². The van der Waals surface area contributed by atoms with Crippen molar-refractivity contribution in [3.63, 3.8) is 0 Å². The van der Waals surface area contributed by atoms with Gasteiger partial charge in [0.1, 0.15) is 23.9 Å². The van der Waals surface area contributed by atoms with Crippen molar-refractivity contribution in [1.82, 2.24) is 4.90 Å². The molecule has 3 aliphatic rings. The van der Waals surface area contributed by atoms with Crippen LogP contribution < -0.4 is 15.8 Å². The summed E-state index contributed by atoms with van der Waals surface area (Å²) in [4.78, 5) is 2.38. The van der Waals surface area contributed by atoms with Gasteiger partial charge < -0.3 is 20.5 Å². The summed E-state index contributed by atoms with van der Waals surface area (Å²) in [7, 11) is 0. The molecule has 2 fully saturated rings. The maximum Gasteiger partial charge on any atom is 0.131 e. The van der Waals surface area contributed by atoms with E-state index in [4.69, 9.17) is 15.2 Å².